The fraction of sp³-hybridized carbons (Fsp3) is 0.238. The minimum absolute atomic E-state index is 0.0691. The van der Waals surface area contributed by atoms with E-state index in [1.54, 1.807) is 25.3 Å². The van der Waals surface area contributed by atoms with Gasteiger partial charge < -0.3 is 14.5 Å². The molecule has 1 saturated heterocycles. The van der Waals surface area contributed by atoms with E-state index in [0.717, 1.165) is 17.0 Å². The Morgan fingerprint density at radius 3 is 2.54 bits per heavy atom. The standard InChI is InChI=1S/C21H21FN4O2/c1-28-18-4-2-3-15(13-18)19-14-20(24-23-19)21(27)26-11-9-25(10-12-26)17-7-5-16(22)6-8-17/h2-8,13-14H,9-12H2,1H3,(H,23,24). The van der Waals surface area contributed by atoms with E-state index in [1.165, 1.54) is 12.1 Å². The molecule has 1 aromatic heterocycles. The molecule has 0 unspecified atom stereocenters. The summed E-state index contributed by atoms with van der Waals surface area (Å²) in [5, 5.41) is 7.13. The maximum atomic E-state index is 13.1. The van der Waals surface area contributed by atoms with Crippen LogP contribution < -0.4 is 9.64 Å². The number of methoxy groups -OCH3 is 1. The van der Waals surface area contributed by atoms with Gasteiger partial charge in [-0.05, 0) is 42.5 Å². The van der Waals surface area contributed by atoms with Gasteiger partial charge >= 0.3 is 0 Å². The molecule has 7 heteroatoms. The second kappa shape index (κ2) is 7.72. The summed E-state index contributed by atoms with van der Waals surface area (Å²) in [5.41, 5.74) is 3.02. The average Bonchev–Trinajstić information content (AvgIpc) is 3.24. The molecule has 144 valence electrons. The number of halogens is 1. The van der Waals surface area contributed by atoms with E-state index < -0.39 is 0 Å². The summed E-state index contributed by atoms with van der Waals surface area (Å²) in [6, 6.07) is 15.8. The molecule has 3 aromatic rings. The molecule has 0 saturated carbocycles. The molecule has 1 amide bonds. The zero-order valence-electron chi connectivity index (χ0n) is 15.6. The molecule has 28 heavy (non-hydrogen) atoms. The molecule has 4 rings (SSSR count). The predicted octanol–water partition coefficient (Wildman–Crippen LogP) is 3.19. The third-order valence-corrected chi connectivity index (χ3v) is 4.93. The van der Waals surface area contributed by atoms with Crippen molar-refractivity contribution in [2.45, 2.75) is 0 Å². The first-order chi connectivity index (χ1) is 13.6. The lowest BCUT2D eigenvalue weighted by Crippen LogP contribution is -2.48. The van der Waals surface area contributed by atoms with Crippen molar-refractivity contribution in [3.05, 3.63) is 66.1 Å². The van der Waals surface area contributed by atoms with E-state index in [9.17, 15) is 9.18 Å². The summed E-state index contributed by atoms with van der Waals surface area (Å²) < 4.78 is 18.3. The van der Waals surface area contributed by atoms with Gasteiger partial charge in [0.25, 0.3) is 5.91 Å². The minimum Gasteiger partial charge on any atom is -0.497 e. The maximum absolute atomic E-state index is 13.1. The Morgan fingerprint density at radius 2 is 1.82 bits per heavy atom. The topological polar surface area (TPSA) is 61.5 Å². The van der Waals surface area contributed by atoms with Crippen molar-refractivity contribution in [2.24, 2.45) is 0 Å². The number of ether oxygens (including phenoxy) is 1. The van der Waals surface area contributed by atoms with Crippen LogP contribution >= 0.6 is 0 Å². The SMILES string of the molecule is COc1cccc(-c2cc(C(=O)N3CCN(c4ccc(F)cc4)CC3)[nH]n2)c1. The molecular formula is C21H21FN4O2. The van der Waals surface area contributed by atoms with Crippen molar-refractivity contribution in [1.82, 2.24) is 15.1 Å². The van der Waals surface area contributed by atoms with E-state index in [-0.39, 0.29) is 11.7 Å². The van der Waals surface area contributed by atoms with E-state index in [0.29, 0.717) is 37.6 Å². The molecule has 1 fully saturated rings. The fourth-order valence-corrected chi connectivity index (χ4v) is 3.35. The second-order valence-corrected chi connectivity index (χ2v) is 6.65. The van der Waals surface area contributed by atoms with Crippen LogP contribution in [0.4, 0.5) is 10.1 Å². The normalized spacial score (nSPS) is 14.2. The number of piperazine rings is 1. The monoisotopic (exact) mass is 380 g/mol. The van der Waals surface area contributed by atoms with Gasteiger partial charge in [-0.2, -0.15) is 5.10 Å². The molecule has 1 aliphatic heterocycles. The molecule has 6 nitrogen and oxygen atoms in total. The van der Waals surface area contributed by atoms with E-state index in [2.05, 4.69) is 15.1 Å². The van der Waals surface area contributed by atoms with Crippen LogP contribution in [0, 0.1) is 5.82 Å². The lowest BCUT2D eigenvalue weighted by molar-refractivity contribution is 0.0741. The number of carbonyl (C=O) groups excluding carboxylic acids is 1. The molecular weight excluding hydrogens is 359 g/mol. The van der Waals surface area contributed by atoms with Crippen molar-refractivity contribution in [3.63, 3.8) is 0 Å². The predicted molar refractivity (Wildman–Crippen MR) is 105 cm³/mol. The summed E-state index contributed by atoms with van der Waals surface area (Å²) in [4.78, 5) is 16.8. The third kappa shape index (κ3) is 3.69. The van der Waals surface area contributed by atoms with Crippen LogP contribution in [0.2, 0.25) is 0 Å². The van der Waals surface area contributed by atoms with Gasteiger partial charge in [0.05, 0.1) is 12.8 Å². The number of aromatic nitrogens is 2. The van der Waals surface area contributed by atoms with Crippen molar-refractivity contribution < 1.29 is 13.9 Å². The van der Waals surface area contributed by atoms with Crippen LogP contribution in [0.1, 0.15) is 10.5 Å². The molecule has 0 aliphatic carbocycles. The number of benzene rings is 2. The quantitative estimate of drug-likeness (QED) is 0.755. The van der Waals surface area contributed by atoms with Gasteiger partial charge in [0.2, 0.25) is 0 Å². The molecule has 2 heterocycles. The number of aromatic amines is 1. The van der Waals surface area contributed by atoms with E-state index >= 15 is 0 Å². The summed E-state index contributed by atoms with van der Waals surface area (Å²) in [6.07, 6.45) is 0. The van der Waals surface area contributed by atoms with E-state index in [1.807, 2.05) is 29.2 Å². The highest BCUT2D eigenvalue weighted by molar-refractivity contribution is 5.93. The van der Waals surface area contributed by atoms with Gasteiger partial charge in [-0.3, -0.25) is 9.89 Å². The van der Waals surface area contributed by atoms with Crippen LogP contribution in [0.5, 0.6) is 5.75 Å². The number of carbonyl (C=O) groups is 1. The fourth-order valence-electron chi connectivity index (χ4n) is 3.35. The van der Waals surface area contributed by atoms with Crippen LogP contribution in [-0.2, 0) is 0 Å². The van der Waals surface area contributed by atoms with Gasteiger partial charge in [0.1, 0.15) is 17.3 Å². The number of hydrogen-bond donors (Lipinski definition) is 1. The Kier molecular flexibility index (Phi) is 4.97. The van der Waals surface area contributed by atoms with Crippen molar-refractivity contribution in [2.75, 3.05) is 38.2 Å². The van der Waals surface area contributed by atoms with Crippen molar-refractivity contribution in [3.8, 4) is 17.0 Å². The smallest absolute Gasteiger partial charge is 0.272 e. The molecule has 2 aromatic carbocycles. The van der Waals surface area contributed by atoms with E-state index in [4.69, 9.17) is 4.74 Å². The van der Waals surface area contributed by atoms with Crippen LogP contribution in [0.25, 0.3) is 11.3 Å². The number of rotatable bonds is 4. The molecule has 1 aliphatic rings. The Labute approximate surface area is 162 Å². The highest BCUT2D eigenvalue weighted by Gasteiger charge is 2.24. The second-order valence-electron chi connectivity index (χ2n) is 6.65. The van der Waals surface area contributed by atoms with Gasteiger partial charge in [-0.15, -0.1) is 0 Å². The Bertz CT molecular complexity index is 963. The molecule has 1 N–H and O–H groups in total. The van der Waals surface area contributed by atoms with Crippen LogP contribution in [-0.4, -0.2) is 54.3 Å². The van der Waals surface area contributed by atoms with Gasteiger partial charge in [0.15, 0.2) is 0 Å². The van der Waals surface area contributed by atoms with Gasteiger partial charge in [0, 0.05) is 37.4 Å². The molecule has 0 radical (unpaired) electrons. The zero-order valence-corrected chi connectivity index (χ0v) is 15.6. The highest BCUT2D eigenvalue weighted by Crippen LogP contribution is 2.23. The number of amides is 1. The summed E-state index contributed by atoms with van der Waals surface area (Å²) >= 11 is 0. The van der Waals surface area contributed by atoms with Crippen molar-refractivity contribution >= 4 is 11.6 Å². The lowest BCUT2D eigenvalue weighted by atomic mass is 10.1. The molecule has 0 spiro atoms. The first-order valence-corrected chi connectivity index (χ1v) is 9.13. The van der Waals surface area contributed by atoms with Crippen molar-refractivity contribution in [1.29, 1.82) is 0 Å². The molecule has 0 atom stereocenters. The van der Waals surface area contributed by atoms with Gasteiger partial charge in [-0.25, -0.2) is 4.39 Å². The third-order valence-electron chi connectivity index (χ3n) is 4.93. The summed E-state index contributed by atoms with van der Waals surface area (Å²) in [6.45, 7) is 2.61. The number of H-pyrrole nitrogens is 1. The van der Waals surface area contributed by atoms with Crippen LogP contribution in [0.3, 0.4) is 0 Å². The lowest BCUT2D eigenvalue weighted by Gasteiger charge is -2.35. The highest BCUT2D eigenvalue weighted by atomic mass is 19.1. The maximum Gasteiger partial charge on any atom is 0.272 e. The average molecular weight is 380 g/mol. The van der Waals surface area contributed by atoms with Gasteiger partial charge in [-0.1, -0.05) is 12.1 Å². The first-order valence-electron chi connectivity index (χ1n) is 9.13. The Hall–Kier alpha value is -3.35. The molecule has 0 bridgehead atoms. The number of nitrogens with zero attached hydrogens (tertiary/aromatic N) is 3. The summed E-state index contributed by atoms with van der Waals surface area (Å²) in [5.74, 6) is 0.425. The Balaban J connectivity index is 1.41. The number of nitrogens with one attached hydrogen (secondary N) is 1. The first kappa shape index (κ1) is 18.0. The number of hydrogen-bond acceptors (Lipinski definition) is 4. The Morgan fingerprint density at radius 1 is 1.07 bits per heavy atom. The largest absolute Gasteiger partial charge is 0.497 e. The number of anilines is 1. The summed E-state index contributed by atoms with van der Waals surface area (Å²) in [7, 11) is 1.62. The van der Waals surface area contributed by atoms with Crippen LogP contribution in [0.15, 0.2) is 54.6 Å². The zero-order chi connectivity index (χ0) is 19.5. The minimum atomic E-state index is -0.247.